The van der Waals surface area contributed by atoms with Crippen LogP contribution in [-0.4, -0.2) is 33.9 Å². The van der Waals surface area contributed by atoms with E-state index in [1.165, 1.54) is 5.56 Å². The fraction of sp³-hybridized carbons (Fsp3) is 0.278. The van der Waals surface area contributed by atoms with E-state index in [2.05, 4.69) is 33.5 Å². The van der Waals surface area contributed by atoms with Crippen LogP contribution in [0.15, 0.2) is 48.9 Å². The Labute approximate surface area is 151 Å². The summed E-state index contributed by atoms with van der Waals surface area (Å²) in [5.41, 5.74) is 3.35. The third-order valence-electron chi connectivity index (χ3n) is 4.52. The summed E-state index contributed by atoms with van der Waals surface area (Å²) in [6.45, 7) is 3.71. The van der Waals surface area contributed by atoms with Crippen molar-refractivity contribution in [3.05, 3.63) is 70.1 Å². The van der Waals surface area contributed by atoms with Gasteiger partial charge in [-0.25, -0.2) is 4.98 Å². The molecule has 0 amide bonds. The first-order valence-electron chi connectivity index (χ1n) is 8.02. The van der Waals surface area contributed by atoms with Crippen LogP contribution in [-0.2, 0) is 6.54 Å². The van der Waals surface area contributed by atoms with Gasteiger partial charge in [-0.15, -0.1) is 0 Å². The summed E-state index contributed by atoms with van der Waals surface area (Å²) in [7, 11) is 0. The molecule has 0 saturated carbocycles. The lowest BCUT2D eigenvalue weighted by atomic mass is 10.0. The summed E-state index contributed by atoms with van der Waals surface area (Å²) in [4.78, 5) is 6.83. The van der Waals surface area contributed by atoms with E-state index in [9.17, 15) is 0 Å². The average Bonchev–Trinajstić information content (AvgIpc) is 3.03. The number of nitrogens with one attached hydrogen (secondary N) is 1. The fourth-order valence-corrected chi connectivity index (χ4v) is 3.83. The molecule has 1 fully saturated rings. The number of piperazine rings is 1. The van der Waals surface area contributed by atoms with Crippen molar-refractivity contribution < 1.29 is 0 Å². The molecule has 4 rings (SSSR count). The van der Waals surface area contributed by atoms with Crippen molar-refractivity contribution in [2.24, 2.45) is 0 Å². The van der Waals surface area contributed by atoms with Crippen LogP contribution in [0.5, 0.6) is 0 Å². The topological polar surface area (TPSA) is 32.6 Å². The summed E-state index contributed by atoms with van der Waals surface area (Å²) in [6.07, 6.45) is 5.84. The maximum Gasteiger partial charge on any atom is 0.136 e. The molecule has 1 unspecified atom stereocenters. The van der Waals surface area contributed by atoms with Gasteiger partial charge in [0, 0.05) is 60.9 Å². The van der Waals surface area contributed by atoms with Gasteiger partial charge in [0.25, 0.3) is 0 Å². The highest BCUT2D eigenvalue weighted by Gasteiger charge is 2.25. The average molecular weight is 361 g/mol. The second kappa shape index (κ2) is 6.73. The van der Waals surface area contributed by atoms with Crippen LogP contribution < -0.4 is 5.32 Å². The molecule has 1 aliphatic rings. The monoisotopic (exact) mass is 360 g/mol. The molecular weight excluding hydrogens is 343 g/mol. The first-order chi connectivity index (χ1) is 11.7. The number of aromatic nitrogens is 2. The maximum absolute atomic E-state index is 6.44. The van der Waals surface area contributed by atoms with Gasteiger partial charge in [0.15, 0.2) is 0 Å². The SMILES string of the molecule is Clc1ccc(C2CNCCN2Cc2ccn3ccnc3c2)c(Cl)c1. The van der Waals surface area contributed by atoms with Crippen LogP contribution >= 0.6 is 23.2 Å². The number of hydrogen-bond donors (Lipinski definition) is 1. The molecule has 0 spiro atoms. The quantitative estimate of drug-likeness (QED) is 0.771. The zero-order valence-electron chi connectivity index (χ0n) is 13.1. The smallest absolute Gasteiger partial charge is 0.136 e. The number of hydrogen-bond acceptors (Lipinski definition) is 3. The third-order valence-corrected chi connectivity index (χ3v) is 5.09. The van der Waals surface area contributed by atoms with Crippen molar-refractivity contribution in [1.29, 1.82) is 0 Å². The van der Waals surface area contributed by atoms with E-state index < -0.39 is 0 Å². The molecule has 1 aromatic carbocycles. The van der Waals surface area contributed by atoms with Gasteiger partial charge < -0.3 is 9.72 Å². The van der Waals surface area contributed by atoms with Gasteiger partial charge in [0.2, 0.25) is 0 Å². The minimum atomic E-state index is 0.236. The van der Waals surface area contributed by atoms with Crippen molar-refractivity contribution in [1.82, 2.24) is 19.6 Å². The van der Waals surface area contributed by atoms with Gasteiger partial charge >= 0.3 is 0 Å². The molecule has 4 nitrogen and oxygen atoms in total. The van der Waals surface area contributed by atoms with Gasteiger partial charge in [-0.05, 0) is 35.4 Å². The normalized spacial score (nSPS) is 19.0. The number of nitrogens with zero attached hydrogens (tertiary/aromatic N) is 3. The Balaban J connectivity index is 1.61. The molecule has 1 saturated heterocycles. The molecule has 124 valence electrons. The number of fused-ring (bicyclic) bond motifs is 1. The second-order valence-corrected chi connectivity index (χ2v) is 6.93. The third kappa shape index (κ3) is 3.15. The van der Waals surface area contributed by atoms with E-state index in [0.29, 0.717) is 5.02 Å². The number of imidazole rings is 1. The minimum Gasteiger partial charge on any atom is -0.314 e. The predicted octanol–water partition coefficient (Wildman–Crippen LogP) is 3.79. The van der Waals surface area contributed by atoms with Crippen molar-refractivity contribution in [2.75, 3.05) is 19.6 Å². The number of halogens is 2. The number of rotatable bonds is 3. The molecule has 0 bridgehead atoms. The molecule has 1 aliphatic heterocycles. The van der Waals surface area contributed by atoms with E-state index in [1.54, 1.807) is 0 Å². The van der Waals surface area contributed by atoms with Gasteiger partial charge in [0.1, 0.15) is 5.65 Å². The number of benzene rings is 1. The predicted molar refractivity (Wildman–Crippen MR) is 97.7 cm³/mol. The van der Waals surface area contributed by atoms with Crippen molar-refractivity contribution in [2.45, 2.75) is 12.6 Å². The van der Waals surface area contributed by atoms with Gasteiger partial charge in [-0.2, -0.15) is 0 Å². The van der Waals surface area contributed by atoms with Crippen LogP contribution in [0.1, 0.15) is 17.2 Å². The molecule has 3 heterocycles. The van der Waals surface area contributed by atoms with Gasteiger partial charge in [-0.3, -0.25) is 4.90 Å². The lowest BCUT2D eigenvalue weighted by molar-refractivity contribution is 0.154. The minimum absolute atomic E-state index is 0.236. The van der Waals surface area contributed by atoms with Crippen molar-refractivity contribution in [3.8, 4) is 0 Å². The Kier molecular flexibility index (Phi) is 4.46. The highest BCUT2D eigenvalue weighted by Crippen LogP contribution is 2.31. The molecule has 0 radical (unpaired) electrons. The molecular formula is C18H18Cl2N4. The zero-order valence-corrected chi connectivity index (χ0v) is 14.6. The van der Waals surface area contributed by atoms with Gasteiger partial charge in [0.05, 0.1) is 0 Å². The van der Waals surface area contributed by atoms with Crippen molar-refractivity contribution >= 4 is 28.8 Å². The molecule has 2 aromatic heterocycles. The van der Waals surface area contributed by atoms with Crippen molar-refractivity contribution in [3.63, 3.8) is 0 Å². The Morgan fingerprint density at radius 3 is 2.96 bits per heavy atom. The maximum atomic E-state index is 6.44. The van der Waals surface area contributed by atoms with Crippen LogP contribution in [0.25, 0.3) is 5.65 Å². The highest BCUT2D eigenvalue weighted by atomic mass is 35.5. The van der Waals surface area contributed by atoms with Crippen LogP contribution in [0, 0.1) is 0 Å². The Bertz CT molecular complexity index is 861. The van der Waals surface area contributed by atoms with E-state index in [1.807, 2.05) is 35.0 Å². The molecule has 1 atom stereocenters. The molecule has 1 N–H and O–H groups in total. The van der Waals surface area contributed by atoms with E-state index >= 15 is 0 Å². The van der Waals surface area contributed by atoms with E-state index in [0.717, 1.165) is 42.4 Å². The van der Waals surface area contributed by atoms with Crippen LogP contribution in [0.4, 0.5) is 0 Å². The molecule has 3 aromatic rings. The summed E-state index contributed by atoms with van der Waals surface area (Å²) in [5.74, 6) is 0. The fourth-order valence-electron chi connectivity index (χ4n) is 3.30. The van der Waals surface area contributed by atoms with E-state index in [4.69, 9.17) is 23.2 Å². The summed E-state index contributed by atoms with van der Waals surface area (Å²) < 4.78 is 2.02. The standard InChI is InChI=1S/C18H18Cl2N4/c19-14-1-2-15(16(20)10-14)17-11-21-4-7-24(17)12-13-3-6-23-8-5-22-18(23)9-13/h1-3,5-6,8-10,17,21H,4,7,11-12H2. The number of pyridine rings is 1. The van der Waals surface area contributed by atoms with Crippen LogP contribution in [0.2, 0.25) is 10.0 Å². The molecule has 0 aliphatic carbocycles. The highest BCUT2D eigenvalue weighted by molar-refractivity contribution is 6.35. The Hall–Kier alpha value is -1.59. The van der Waals surface area contributed by atoms with E-state index in [-0.39, 0.29) is 6.04 Å². The summed E-state index contributed by atoms with van der Waals surface area (Å²) in [5, 5.41) is 4.86. The van der Waals surface area contributed by atoms with Gasteiger partial charge in [-0.1, -0.05) is 29.3 Å². The second-order valence-electron chi connectivity index (χ2n) is 6.08. The Morgan fingerprint density at radius 1 is 1.17 bits per heavy atom. The first kappa shape index (κ1) is 15.9. The largest absolute Gasteiger partial charge is 0.314 e. The molecule has 6 heteroatoms. The van der Waals surface area contributed by atoms with Crippen LogP contribution in [0.3, 0.4) is 0 Å². The summed E-state index contributed by atoms with van der Waals surface area (Å²) in [6, 6.07) is 10.3. The Morgan fingerprint density at radius 2 is 2.08 bits per heavy atom. The zero-order chi connectivity index (χ0) is 16.5. The lowest BCUT2D eigenvalue weighted by Gasteiger charge is -2.37. The summed E-state index contributed by atoms with van der Waals surface area (Å²) >= 11 is 12.5. The first-order valence-corrected chi connectivity index (χ1v) is 8.77. The molecule has 24 heavy (non-hydrogen) atoms. The lowest BCUT2D eigenvalue weighted by Crippen LogP contribution is -2.45.